The summed E-state index contributed by atoms with van der Waals surface area (Å²) in [4.78, 5) is 4.85. The number of hydrogen-bond donors (Lipinski definition) is 1. The molecule has 1 atom stereocenters. The van der Waals surface area contributed by atoms with Crippen LogP contribution in [0.3, 0.4) is 0 Å². The first-order valence-electron chi connectivity index (χ1n) is 8.08. The van der Waals surface area contributed by atoms with Gasteiger partial charge in [0.25, 0.3) is 0 Å². The van der Waals surface area contributed by atoms with Gasteiger partial charge >= 0.3 is 0 Å². The van der Waals surface area contributed by atoms with Crippen molar-refractivity contribution in [3.05, 3.63) is 29.8 Å². The number of nitrogens with zero attached hydrogens (tertiary/aromatic N) is 2. The van der Waals surface area contributed by atoms with Gasteiger partial charge in [-0.05, 0) is 37.6 Å². The van der Waals surface area contributed by atoms with E-state index in [9.17, 15) is 5.11 Å². The van der Waals surface area contributed by atoms with Gasteiger partial charge in [0.1, 0.15) is 5.75 Å². The van der Waals surface area contributed by atoms with E-state index in [2.05, 4.69) is 16.7 Å². The Labute approximate surface area is 128 Å². The van der Waals surface area contributed by atoms with Crippen LogP contribution in [0, 0.1) is 0 Å². The molecule has 1 aromatic rings. The highest BCUT2D eigenvalue weighted by Gasteiger charge is 2.19. The molecule has 0 bridgehead atoms. The molecule has 0 radical (unpaired) electrons. The molecule has 1 aliphatic rings. The fourth-order valence-corrected chi connectivity index (χ4v) is 2.81. The van der Waals surface area contributed by atoms with Gasteiger partial charge < -0.3 is 14.7 Å². The van der Waals surface area contributed by atoms with Crippen molar-refractivity contribution in [2.24, 2.45) is 0 Å². The lowest BCUT2D eigenvalue weighted by Crippen LogP contribution is -2.47. The Balaban J connectivity index is 1.80. The van der Waals surface area contributed by atoms with Crippen LogP contribution in [0.15, 0.2) is 24.3 Å². The number of ether oxygens (including phenoxy) is 1. The number of aliphatic hydroxyl groups excluding tert-OH is 1. The Morgan fingerprint density at radius 1 is 1.05 bits per heavy atom. The number of aliphatic hydroxyl groups is 1. The normalized spacial score (nSPS) is 18.6. The van der Waals surface area contributed by atoms with Crippen LogP contribution in [0.25, 0.3) is 0 Å². The van der Waals surface area contributed by atoms with E-state index in [0.717, 1.165) is 37.5 Å². The van der Waals surface area contributed by atoms with Crippen LogP contribution < -0.4 is 4.74 Å². The minimum atomic E-state index is -0.418. The molecule has 21 heavy (non-hydrogen) atoms. The predicted molar refractivity (Wildman–Crippen MR) is 85.7 cm³/mol. The molecule has 1 aliphatic heterocycles. The molecule has 1 saturated heterocycles. The highest BCUT2D eigenvalue weighted by Crippen LogP contribution is 2.19. The molecular weight excluding hydrogens is 264 g/mol. The number of piperazine rings is 1. The van der Waals surface area contributed by atoms with Gasteiger partial charge in [0.05, 0.1) is 12.7 Å². The quantitative estimate of drug-likeness (QED) is 0.835. The maximum atomic E-state index is 10.4. The third kappa shape index (κ3) is 4.99. The zero-order valence-electron chi connectivity index (χ0n) is 13.3. The van der Waals surface area contributed by atoms with E-state index in [0.29, 0.717) is 13.2 Å². The van der Waals surface area contributed by atoms with Crippen molar-refractivity contribution < 1.29 is 9.84 Å². The van der Waals surface area contributed by atoms with E-state index in [1.165, 1.54) is 13.0 Å². The standard InChI is InChI=1S/C17H28N2O2/c1-3-9-18-10-12-19(13-11-18)14-17(20)15-5-7-16(8-6-15)21-4-2/h5-8,17,20H,3-4,9-14H2,1-2H3. The fraction of sp³-hybridized carbons (Fsp3) is 0.647. The molecule has 1 heterocycles. The summed E-state index contributed by atoms with van der Waals surface area (Å²) in [5.41, 5.74) is 0.967. The van der Waals surface area contributed by atoms with Crippen molar-refractivity contribution in [2.45, 2.75) is 26.4 Å². The van der Waals surface area contributed by atoms with E-state index >= 15 is 0 Å². The second-order valence-electron chi connectivity index (χ2n) is 5.66. The van der Waals surface area contributed by atoms with Crippen LogP contribution in [-0.4, -0.2) is 60.8 Å². The molecule has 4 heteroatoms. The van der Waals surface area contributed by atoms with Crippen LogP contribution in [0.2, 0.25) is 0 Å². The Hall–Kier alpha value is -1.10. The molecule has 0 aromatic heterocycles. The largest absolute Gasteiger partial charge is 0.494 e. The van der Waals surface area contributed by atoms with Crippen molar-refractivity contribution in [2.75, 3.05) is 45.9 Å². The first-order chi connectivity index (χ1) is 10.2. The molecule has 0 amide bonds. The summed E-state index contributed by atoms with van der Waals surface area (Å²) in [5, 5.41) is 10.4. The molecule has 1 fully saturated rings. The van der Waals surface area contributed by atoms with Crippen LogP contribution in [0.5, 0.6) is 5.75 Å². The number of hydrogen-bond acceptors (Lipinski definition) is 4. The summed E-state index contributed by atoms with van der Waals surface area (Å²) in [6.07, 6.45) is 0.799. The summed E-state index contributed by atoms with van der Waals surface area (Å²) in [6.45, 7) is 11.1. The van der Waals surface area contributed by atoms with Gasteiger partial charge in [0.2, 0.25) is 0 Å². The Bertz CT molecular complexity index is 400. The molecule has 1 aromatic carbocycles. The van der Waals surface area contributed by atoms with Gasteiger partial charge in [0.15, 0.2) is 0 Å². The molecule has 1 unspecified atom stereocenters. The lowest BCUT2D eigenvalue weighted by Gasteiger charge is -2.35. The van der Waals surface area contributed by atoms with Crippen molar-refractivity contribution in [1.82, 2.24) is 9.80 Å². The highest BCUT2D eigenvalue weighted by atomic mass is 16.5. The summed E-state index contributed by atoms with van der Waals surface area (Å²) in [6, 6.07) is 7.79. The van der Waals surface area contributed by atoms with E-state index < -0.39 is 6.10 Å². The Kier molecular flexibility index (Phi) is 6.49. The lowest BCUT2D eigenvalue weighted by atomic mass is 10.1. The van der Waals surface area contributed by atoms with Gasteiger partial charge in [-0.1, -0.05) is 19.1 Å². The van der Waals surface area contributed by atoms with Crippen molar-refractivity contribution in [3.8, 4) is 5.75 Å². The topological polar surface area (TPSA) is 35.9 Å². The highest BCUT2D eigenvalue weighted by molar-refractivity contribution is 5.28. The van der Waals surface area contributed by atoms with E-state index in [-0.39, 0.29) is 0 Å². The van der Waals surface area contributed by atoms with E-state index in [1.54, 1.807) is 0 Å². The minimum Gasteiger partial charge on any atom is -0.494 e. The first kappa shape index (κ1) is 16.3. The van der Waals surface area contributed by atoms with E-state index in [1.807, 2.05) is 31.2 Å². The zero-order chi connectivity index (χ0) is 15.1. The summed E-state index contributed by atoms with van der Waals surface area (Å²) in [5.74, 6) is 0.863. The maximum absolute atomic E-state index is 10.4. The van der Waals surface area contributed by atoms with Crippen LogP contribution in [0.1, 0.15) is 31.9 Å². The van der Waals surface area contributed by atoms with Gasteiger partial charge in [-0.25, -0.2) is 0 Å². The SMILES string of the molecule is CCCN1CCN(CC(O)c2ccc(OCC)cc2)CC1. The van der Waals surface area contributed by atoms with Crippen molar-refractivity contribution in [3.63, 3.8) is 0 Å². The van der Waals surface area contributed by atoms with E-state index in [4.69, 9.17) is 4.74 Å². The number of β-amino-alcohol motifs (C(OH)–C–C–N with tert-alkyl or cyclic N) is 1. The Morgan fingerprint density at radius 3 is 2.24 bits per heavy atom. The minimum absolute atomic E-state index is 0.418. The second kappa shape index (κ2) is 8.37. The maximum Gasteiger partial charge on any atom is 0.119 e. The molecular formula is C17H28N2O2. The third-order valence-corrected chi connectivity index (χ3v) is 4.01. The number of benzene rings is 1. The molecule has 118 valence electrons. The molecule has 1 N–H and O–H groups in total. The van der Waals surface area contributed by atoms with Gasteiger partial charge in [-0.15, -0.1) is 0 Å². The first-order valence-corrected chi connectivity index (χ1v) is 8.08. The van der Waals surface area contributed by atoms with Crippen LogP contribution in [0.4, 0.5) is 0 Å². The summed E-state index contributed by atoms with van der Waals surface area (Å²) < 4.78 is 5.43. The van der Waals surface area contributed by atoms with Crippen LogP contribution >= 0.6 is 0 Å². The van der Waals surface area contributed by atoms with Gasteiger partial charge in [0, 0.05) is 32.7 Å². The molecule has 0 aliphatic carbocycles. The summed E-state index contributed by atoms with van der Waals surface area (Å²) >= 11 is 0. The molecule has 0 spiro atoms. The summed E-state index contributed by atoms with van der Waals surface area (Å²) in [7, 11) is 0. The molecule has 0 saturated carbocycles. The average molecular weight is 292 g/mol. The predicted octanol–water partition coefficient (Wildman–Crippen LogP) is 2.15. The van der Waals surface area contributed by atoms with Crippen molar-refractivity contribution in [1.29, 1.82) is 0 Å². The zero-order valence-corrected chi connectivity index (χ0v) is 13.3. The monoisotopic (exact) mass is 292 g/mol. The smallest absolute Gasteiger partial charge is 0.119 e. The van der Waals surface area contributed by atoms with Crippen molar-refractivity contribution >= 4 is 0 Å². The lowest BCUT2D eigenvalue weighted by molar-refractivity contribution is 0.0726. The Morgan fingerprint density at radius 2 is 1.67 bits per heavy atom. The second-order valence-corrected chi connectivity index (χ2v) is 5.66. The number of rotatable bonds is 7. The third-order valence-electron chi connectivity index (χ3n) is 4.01. The van der Waals surface area contributed by atoms with Gasteiger partial charge in [-0.2, -0.15) is 0 Å². The van der Waals surface area contributed by atoms with Crippen LogP contribution in [-0.2, 0) is 0 Å². The fourth-order valence-electron chi connectivity index (χ4n) is 2.81. The molecule has 2 rings (SSSR count). The average Bonchev–Trinajstić information content (AvgIpc) is 2.50. The van der Waals surface area contributed by atoms with Gasteiger partial charge in [-0.3, -0.25) is 4.90 Å². The molecule has 4 nitrogen and oxygen atoms in total.